The fourth-order valence-electron chi connectivity index (χ4n) is 1.71. The number of carbonyl (C=O) groups excluding carboxylic acids is 2. The SMILES string of the molecule is CC(=O)Nc1cnc(C#Cc2ccc(CNC(=O)NN)cc2)cn1.Cl.Cl. The Balaban J connectivity index is 0.00000312. The quantitative estimate of drug-likeness (QED) is 0.270. The number of hydrogen-bond donors (Lipinski definition) is 4. The molecule has 2 aromatic rings. The van der Waals surface area contributed by atoms with Gasteiger partial charge in [-0.3, -0.25) is 10.2 Å². The average molecular weight is 397 g/mol. The van der Waals surface area contributed by atoms with E-state index in [9.17, 15) is 9.59 Å². The minimum Gasteiger partial charge on any atom is -0.333 e. The molecule has 8 nitrogen and oxygen atoms in total. The average Bonchev–Trinajstić information content (AvgIpc) is 2.59. The Morgan fingerprint density at radius 2 is 1.77 bits per heavy atom. The molecule has 0 radical (unpaired) electrons. The van der Waals surface area contributed by atoms with Crippen LogP contribution in [0.15, 0.2) is 36.7 Å². The fourth-order valence-corrected chi connectivity index (χ4v) is 1.71. The Kier molecular flexibility index (Phi) is 10.4. The van der Waals surface area contributed by atoms with Crippen LogP contribution in [-0.2, 0) is 11.3 Å². The predicted octanol–water partition coefficient (Wildman–Crippen LogP) is 1.35. The maximum atomic E-state index is 11.0. The molecule has 0 fully saturated rings. The third kappa shape index (κ3) is 7.81. The molecular formula is C16H18Cl2N6O2. The summed E-state index contributed by atoms with van der Waals surface area (Å²) in [5, 5.41) is 5.12. The Morgan fingerprint density at radius 1 is 1.08 bits per heavy atom. The van der Waals surface area contributed by atoms with Crippen molar-refractivity contribution < 1.29 is 9.59 Å². The minimum absolute atomic E-state index is 0. The van der Waals surface area contributed by atoms with E-state index in [1.807, 2.05) is 29.7 Å². The molecule has 0 aliphatic carbocycles. The molecule has 138 valence electrons. The number of rotatable bonds is 3. The second kappa shape index (κ2) is 11.7. The van der Waals surface area contributed by atoms with E-state index in [4.69, 9.17) is 5.84 Å². The third-order valence-electron chi connectivity index (χ3n) is 2.83. The molecule has 0 bridgehead atoms. The Bertz CT molecular complexity index is 785. The first-order valence-corrected chi connectivity index (χ1v) is 7.02. The van der Waals surface area contributed by atoms with Crippen molar-refractivity contribution in [1.29, 1.82) is 0 Å². The molecule has 0 aliphatic rings. The van der Waals surface area contributed by atoms with Crippen molar-refractivity contribution in [3.63, 3.8) is 0 Å². The van der Waals surface area contributed by atoms with Gasteiger partial charge >= 0.3 is 6.03 Å². The zero-order valence-corrected chi connectivity index (χ0v) is 15.4. The van der Waals surface area contributed by atoms with Crippen LogP contribution >= 0.6 is 24.8 Å². The van der Waals surface area contributed by atoms with Crippen molar-refractivity contribution in [3.8, 4) is 11.8 Å². The van der Waals surface area contributed by atoms with Crippen molar-refractivity contribution in [3.05, 3.63) is 53.5 Å². The van der Waals surface area contributed by atoms with Gasteiger partial charge in [-0.05, 0) is 23.6 Å². The van der Waals surface area contributed by atoms with E-state index in [2.05, 4.69) is 32.4 Å². The van der Waals surface area contributed by atoms with Gasteiger partial charge in [0.2, 0.25) is 5.91 Å². The van der Waals surface area contributed by atoms with Crippen molar-refractivity contribution in [1.82, 2.24) is 20.7 Å². The van der Waals surface area contributed by atoms with Gasteiger partial charge in [0, 0.05) is 19.0 Å². The minimum atomic E-state index is -0.444. The molecule has 0 saturated heterocycles. The van der Waals surface area contributed by atoms with Gasteiger partial charge in [-0.25, -0.2) is 20.6 Å². The number of amides is 3. The van der Waals surface area contributed by atoms with Crippen LogP contribution in [0.5, 0.6) is 0 Å². The molecule has 5 N–H and O–H groups in total. The van der Waals surface area contributed by atoms with Crippen LogP contribution in [0, 0.1) is 11.8 Å². The highest BCUT2D eigenvalue weighted by atomic mass is 35.5. The highest BCUT2D eigenvalue weighted by Gasteiger charge is 1.98. The zero-order valence-electron chi connectivity index (χ0n) is 13.8. The van der Waals surface area contributed by atoms with E-state index in [1.165, 1.54) is 19.3 Å². The van der Waals surface area contributed by atoms with E-state index < -0.39 is 6.03 Å². The highest BCUT2D eigenvalue weighted by Crippen LogP contribution is 2.04. The number of aromatic nitrogens is 2. The smallest absolute Gasteiger partial charge is 0.329 e. The molecule has 2 rings (SSSR count). The summed E-state index contributed by atoms with van der Waals surface area (Å²) in [6.45, 7) is 1.77. The maximum Gasteiger partial charge on any atom is 0.329 e. The summed E-state index contributed by atoms with van der Waals surface area (Å²) in [5.74, 6) is 11.0. The van der Waals surface area contributed by atoms with Crippen LogP contribution in [0.25, 0.3) is 0 Å². The second-order valence-electron chi connectivity index (χ2n) is 4.74. The highest BCUT2D eigenvalue weighted by molar-refractivity contribution is 5.87. The van der Waals surface area contributed by atoms with Crippen LogP contribution in [0.3, 0.4) is 0 Å². The van der Waals surface area contributed by atoms with Crippen LogP contribution in [0.1, 0.15) is 23.7 Å². The molecule has 1 heterocycles. The number of anilines is 1. The third-order valence-corrected chi connectivity index (χ3v) is 2.83. The van der Waals surface area contributed by atoms with Gasteiger partial charge in [-0.2, -0.15) is 0 Å². The summed E-state index contributed by atoms with van der Waals surface area (Å²) in [7, 11) is 0. The van der Waals surface area contributed by atoms with Crippen LogP contribution in [0.2, 0.25) is 0 Å². The number of benzene rings is 1. The summed E-state index contributed by atoms with van der Waals surface area (Å²) in [4.78, 5) is 30.0. The summed E-state index contributed by atoms with van der Waals surface area (Å²) < 4.78 is 0. The number of hydrazine groups is 1. The number of nitrogens with two attached hydrogens (primary N) is 1. The fraction of sp³-hybridized carbons (Fsp3) is 0.125. The molecule has 1 aromatic carbocycles. The lowest BCUT2D eigenvalue weighted by atomic mass is 10.1. The van der Waals surface area contributed by atoms with Gasteiger partial charge in [0.15, 0.2) is 5.82 Å². The summed E-state index contributed by atoms with van der Waals surface area (Å²) in [6, 6.07) is 6.94. The number of nitrogens with zero attached hydrogens (tertiary/aromatic N) is 2. The molecule has 0 spiro atoms. The van der Waals surface area contributed by atoms with E-state index >= 15 is 0 Å². The monoisotopic (exact) mass is 396 g/mol. The van der Waals surface area contributed by atoms with Crippen molar-refractivity contribution in [2.45, 2.75) is 13.5 Å². The number of halogens is 2. The maximum absolute atomic E-state index is 11.0. The van der Waals surface area contributed by atoms with E-state index in [0.717, 1.165) is 11.1 Å². The summed E-state index contributed by atoms with van der Waals surface area (Å²) >= 11 is 0. The first-order valence-electron chi connectivity index (χ1n) is 7.02. The van der Waals surface area contributed by atoms with Gasteiger partial charge in [-0.15, -0.1) is 24.8 Å². The molecule has 0 unspecified atom stereocenters. The molecule has 0 saturated carbocycles. The predicted molar refractivity (Wildman–Crippen MR) is 103 cm³/mol. The summed E-state index contributed by atoms with van der Waals surface area (Å²) in [5.41, 5.74) is 4.21. The Labute approximate surface area is 163 Å². The zero-order chi connectivity index (χ0) is 17.4. The standard InChI is InChI=1S/C16H16N6O2.2ClH/c1-11(23)21-15-10-18-14(9-19-15)7-6-12-2-4-13(5-3-12)8-20-16(24)22-17;;/h2-5,9-10H,8,17H2,1H3,(H,19,21,23)(H2,20,22,24);2*1H. The Morgan fingerprint density at radius 3 is 2.31 bits per heavy atom. The van der Waals surface area contributed by atoms with Crippen molar-refractivity contribution in [2.75, 3.05) is 5.32 Å². The van der Waals surface area contributed by atoms with E-state index in [0.29, 0.717) is 18.1 Å². The molecule has 3 amide bonds. The number of hydrogen-bond acceptors (Lipinski definition) is 5. The van der Waals surface area contributed by atoms with Crippen molar-refractivity contribution >= 4 is 42.6 Å². The van der Waals surface area contributed by atoms with E-state index in [-0.39, 0.29) is 30.7 Å². The first kappa shape index (κ1) is 23.1. The molecule has 10 heteroatoms. The number of carbonyl (C=O) groups is 2. The second-order valence-corrected chi connectivity index (χ2v) is 4.74. The lowest BCUT2D eigenvalue weighted by Gasteiger charge is -2.03. The van der Waals surface area contributed by atoms with Gasteiger partial charge in [0.25, 0.3) is 0 Å². The summed E-state index contributed by atoms with van der Waals surface area (Å²) in [6.07, 6.45) is 2.94. The molecule has 0 aliphatic heterocycles. The first-order chi connectivity index (χ1) is 11.6. The Hall–Kier alpha value is -2.86. The van der Waals surface area contributed by atoms with E-state index in [1.54, 1.807) is 0 Å². The largest absolute Gasteiger partial charge is 0.333 e. The molecule has 0 atom stereocenters. The molecule has 1 aromatic heterocycles. The van der Waals surface area contributed by atoms with Gasteiger partial charge in [-0.1, -0.05) is 18.1 Å². The van der Waals surface area contributed by atoms with Crippen molar-refractivity contribution in [2.24, 2.45) is 5.84 Å². The van der Waals surface area contributed by atoms with Crippen LogP contribution < -0.4 is 21.9 Å². The number of nitrogens with one attached hydrogen (secondary N) is 3. The van der Waals surface area contributed by atoms with Gasteiger partial charge in [0.05, 0.1) is 12.4 Å². The lowest BCUT2D eigenvalue weighted by Crippen LogP contribution is -2.39. The van der Waals surface area contributed by atoms with Crippen LogP contribution in [-0.4, -0.2) is 21.9 Å². The topological polar surface area (TPSA) is 122 Å². The van der Waals surface area contributed by atoms with Crippen LogP contribution in [0.4, 0.5) is 10.6 Å². The van der Waals surface area contributed by atoms with Gasteiger partial charge < -0.3 is 10.6 Å². The van der Waals surface area contributed by atoms with Gasteiger partial charge in [0.1, 0.15) is 5.69 Å². The molecule has 26 heavy (non-hydrogen) atoms. The molecular weight excluding hydrogens is 379 g/mol. The normalized spacial score (nSPS) is 8.69. The number of urea groups is 1. The lowest BCUT2D eigenvalue weighted by molar-refractivity contribution is -0.114.